The van der Waals surface area contributed by atoms with Crippen LogP contribution >= 0.6 is 0 Å². The molecule has 0 radical (unpaired) electrons. The van der Waals surface area contributed by atoms with E-state index < -0.39 is 0 Å². The Morgan fingerprint density at radius 3 is 2.55 bits per heavy atom. The number of benzene rings is 1. The fourth-order valence-corrected chi connectivity index (χ4v) is 3.24. The molecule has 0 amide bonds. The summed E-state index contributed by atoms with van der Waals surface area (Å²) in [6.07, 6.45) is 6.31. The lowest BCUT2D eigenvalue weighted by Gasteiger charge is -2.28. The van der Waals surface area contributed by atoms with Crippen molar-refractivity contribution in [2.45, 2.75) is 65.8 Å². The molecule has 0 saturated heterocycles. The predicted molar refractivity (Wildman–Crippen MR) is 88.3 cm³/mol. The Morgan fingerprint density at radius 1 is 1.10 bits per heavy atom. The summed E-state index contributed by atoms with van der Waals surface area (Å²) in [5, 5.41) is 3.77. The zero-order valence-corrected chi connectivity index (χ0v) is 13.7. The fourth-order valence-electron chi connectivity index (χ4n) is 3.24. The van der Waals surface area contributed by atoms with Crippen LogP contribution in [0.3, 0.4) is 0 Å². The highest BCUT2D eigenvalue weighted by Gasteiger charge is 2.20. The molecule has 1 nitrogen and oxygen atoms in total. The molecule has 20 heavy (non-hydrogen) atoms. The van der Waals surface area contributed by atoms with Gasteiger partial charge in [-0.2, -0.15) is 0 Å². The minimum Gasteiger partial charge on any atom is -0.313 e. The topological polar surface area (TPSA) is 12.0 Å². The Kier molecular flexibility index (Phi) is 5.65. The summed E-state index contributed by atoms with van der Waals surface area (Å²) in [4.78, 5) is 0. The van der Waals surface area contributed by atoms with Crippen molar-refractivity contribution in [2.24, 2.45) is 11.8 Å². The molecular formula is C19H31N. The van der Waals surface area contributed by atoms with Crippen molar-refractivity contribution in [3.63, 3.8) is 0 Å². The maximum atomic E-state index is 3.77. The molecule has 0 saturated carbocycles. The molecule has 112 valence electrons. The Balaban J connectivity index is 2.06. The van der Waals surface area contributed by atoms with Gasteiger partial charge in [0.25, 0.3) is 0 Å². The van der Waals surface area contributed by atoms with Crippen LogP contribution in [0, 0.1) is 11.8 Å². The van der Waals surface area contributed by atoms with Crippen LogP contribution in [-0.2, 0) is 19.3 Å². The van der Waals surface area contributed by atoms with Crippen LogP contribution in [0.25, 0.3) is 0 Å². The number of fused-ring (bicyclic) bond motifs is 1. The van der Waals surface area contributed by atoms with Crippen LogP contribution in [0.4, 0.5) is 0 Å². The molecule has 2 unspecified atom stereocenters. The summed E-state index contributed by atoms with van der Waals surface area (Å²) in [5.74, 6) is 1.45. The van der Waals surface area contributed by atoms with E-state index in [1.807, 2.05) is 0 Å². The summed E-state index contributed by atoms with van der Waals surface area (Å²) < 4.78 is 0. The van der Waals surface area contributed by atoms with E-state index in [1.54, 1.807) is 11.1 Å². The van der Waals surface area contributed by atoms with Gasteiger partial charge in [-0.1, -0.05) is 45.9 Å². The highest BCUT2D eigenvalue weighted by atomic mass is 14.9. The zero-order valence-electron chi connectivity index (χ0n) is 13.7. The van der Waals surface area contributed by atoms with Gasteiger partial charge < -0.3 is 5.32 Å². The summed E-state index contributed by atoms with van der Waals surface area (Å²) in [5.41, 5.74) is 4.71. The summed E-state index contributed by atoms with van der Waals surface area (Å²) in [6, 6.07) is 7.80. The first-order valence-corrected chi connectivity index (χ1v) is 8.45. The molecule has 0 bridgehead atoms. The lowest BCUT2D eigenvalue weighted by Crippen LogP contribution is -2.39. The Bertz CT molecular complexity index is 422. The van der Waals surface area contributed by atoms with Gasteiger partial charge >= 0.3 is 0 Å². The van der Waals surface area contributed by atoms with Crippen molar-refractivity contribution in [3.05, 3.63) is 34.9 Å². The molecule has 1 aromatic carbocycles. The molecular weight excluding hydrogens is 242 g/mol. The van der Waals surface area contributed by atoms with E-state index in [4.69, 9.17) is 0 Å². The number of hydrogen-bond donors (Lipinski definition) is 1. The predicted octanol–water partition coefficient (Wildman–Crippen LogP) is 4.38. The van der Waals surface area contributed by atoms with E-state index in [-0.39, 0.29) is 0 Å². The normalized spacial score (nSPS) is 17.2. The van der Waals surface area contributed by atoms with E-state index in [1.165, 1.54) is 37.7 Å². The van der Waals surface area contributed by atoms with Crippen LogP contribution in [0.1, 0.15) is 57.2 Å². The van der Waals surface area contributed by atoms with Gasteiger partial charge in [0.2, 0.25) is 0 Å². The molecule has 0 aliphatic heterocycles. The van der Waals surface area contributed by atoms with Crippen molar-refractivity contribution in [2.75, 3.05) is 6.54 Å². The average molecular weight is 273 g/mol. The van der Waals surface area contributed by atoms with E-state index in [0.717, 1.165) is 18.4 Å². The molecule has 0 fully saturated rings. The van der Waals surface area contributed by atoms with Crippen molar-refractivity contribution in [3.8, 4) is 0 Å². The second-order valence-corrected chi connectivity index (χ2v) is 6.82. The largest absolute Gasteiger partial charge is 0.313 e. The maximum absolute atomic E-state index is 3.77. The minimum absolute atomic E-state index is 0.606. The van der Waals surface area contributed by atoms with E-state index in [2.05, 4.69) is 51.2 Å². The van der Waals surface area contributed by atoms with Crippen molar-refractivity contribution < 1.29 is 0 Å². The Labute approximate surface area is 125 Å². The van der Waals surface area contributed by atoms with Crippen molar-refractivity contribution in [1.82, 2.24) is 5.32 Å². The van der Waals surface area contributed by atoms with Gasteiger partial charge in [-0.3, -0.25) is 0 Å². The molecule has 0 heterocycles. The van der Waals surface area contributed by atoms with E-state index >= 15 is 0 Å². The van der Waals surface area contributed by atoms with Gasteiger partial charge in [-0.15, -0.1) is 0 Å². The SMILES string of the molecule is CCCNC(Cc1ccc2c(c1)CCC2)C(C)C(C)C. The van der Waals surface area contributed by atoms with Gasteiger partial charge in [-0.25, -0.2) is 0 Å². The fraction of sp³-hybridized carbons (Fsp3) is 0.684. The standard InChI is InChI=1S/C19H31N/c1-5-11-20-19(15(4)14(2)3)13-16-9-10-17-7-6-8-18(17)12-16/h9-10,12,14-15,19-20H,5-8,11,13H2,1-4H3. The number of nitrogens with one attached hydrogen (secondary N) is 1. The first-order valence-electron chi connectivity index (χ1n) is 8.45. The van der Waals surface area contributed by atoms with E-state index in [0.29, 0.717) is 6.04 Å². The number of aryl methyl sites for hydroxylation is 2. The molecule has 2 rings (SSSR count). The maximum Gasteiger partial charge on any atom is 0.0135 e. The van der Waals surface area contributed by atoms with Crippen LogP contribution in [-0.4, -0.2) is 12.6 Å². The van der Waals surface area contributed by atoms with Crippen molar-refractivity contribution in [1.29, 1.82) is 0 Å². The van der Waals surface area contributed by atoms with Gasteiger partial charge in [0, 0.05) is 6.04 Å². The third-order valence-corrected chi connectivity index (χ3v) is 4.96. The summed E-state index contributed by atoms with van der Waals surface area (Å²) in [7, 11) is 0. The Morgan fingerprint density at radius 2 is 1.85 bits per heavy atom. The molecule has 1 aliphatic rings. The highest BCUT2D eigenvalue weighted by molar-refractivity contribution is 5.35. The molecule has 1 heteroatoms. The van der Waals surface area contributed by atoms with Crippen LogP contribution in [0.2, 0.25) is 0 Å². The van der Waals surface area contributed by atoms with Crippen LogP contribution in [0.15, 0.2) is 18.2 Å². The smallest absolute Gasteiger partial charge is 0.0135 e. The molecule has 1 aromatic rings. The molecule has 1 N–H and O–H groups in total. The zero-order chi connectivity index (χ0) is 14.5. The van der Waals surface area contributed by atoms with Crippen LogP contribution < -0.4 is 5.32 Å². The lowest BCUT2D eigenvalue weighted by molar-refractivity contribution is 0.297. The van der Waals surface area contributed by atoms with Gasteiger partial charge in [-0.05, 0) is 67.2 Å². The first kappa shape index (κ1) is 15.6. The van der Waals surface area contributed by atoms with E-state index in [9.17, 15) is 0 Å². The third-order valence-electron chi connectivity index (χ3n) is 4.96. The molecule has 0 aromatic heterocycles. The van der Waals surface area contributed by atoms with Gasteiger partial charge in [0.15, 0.2) is 0 Å². The molecule has 2 atom stereocenters. The first-order chi connectivity index (χ1) is 9.61. The quantitative estimate of drug-likeness (QED) is 0.777. The van der Waals surface area contributed by atoms with Gasteiger partial charge in [0.05, 0.1) is 0 Å². The second-order valence-electron chi connectivity index (χ2n) is 6.82. The second kappa shape index (κ2) is 7.26. The summed E-state index contributed by atoms with van der Waals surface area (Å²) in [6.45, 7) is 10.5. The minimum atomic E-state index is 0.606. The number of hydrogen-bond acceptors (Lipinski definition) is 1. The monoisotopic (exact) mass is 273 g/mol. The Hall–Kier alpha value is -0.820. The van der Waals surface area contributed by atoms with Gasteiger partial charge in [0.1, 0.15) is 0 Å². The van der Waals surface area contributed by atoms with Crippen molar-refractivity contribution >= 4 is 0 Å². The average Bonchev–Trinajstić information content (AvgIpc) is 2.89. The van der Waals surface area contributed by atoms with Crippen LogP contribution in [0.5, 0.6) is 0 Å². The summed E-state index contributed by atoms with van der Waals surface area (Å²) >= 11 is 0. The third kappa shape index (κ3) is 3.85. The highest BCUT2D eigenvalue weighted by Crippen LogP contribution is 2.25. The lowest BCUT2D eigenvalue weighted by atomic mass is 9.86. The molecule has 0 spiro atoms. The molecule has 1 aliphatic carbocycles. The number of rotatable bonds is 7.